The van der Waals surface area contributed by atoms with Crippen molar-refractivity contribution in [1.29, 1.82) is 0 Å². The van der Waals surface area contributed by atoms with Gasteiger partial charge in [-0.3, -0.25) is 4.79 Å². The molecule has 1 amide bonds. The van der Waals surface area contributed by atoms with Gasteiger partial charge in [0.15, 0.2) is 11.5 Å². The molecule has 2 aromatic rings. The average molecular weight is 305 g/mol. The molecule has 2 aromatic heterocycles. The Bertz CT molecular complexity index is 647. The maximum absolute atomic E-state index is 12.1. The molecular formula is C14H19N5OS. The topological polar surface area (TPSA) is 93.8 Å². The predicted molar refractivity (Wildman–Crippen MR) is 83.1 cm³/mol. The number of thiazole rings is 1. The predicted octanol–water partition coefficient (Wildman–Crippen LogP) is 2.30. The van der Waals surface area contributed by atoms with E-state index in [0.29, 0.717) is 0 Å². The average Bonchev–Trinajstić information content (AvgIpc) is 2.88. The molecule has 2 heterocycles. The van der Waals surface area contributed by atoms with Gasteiger partial charge in [-0.1, -0.05) is 20.8 Å². The Morgan fingerprint density at radius 3 is 2.57 bits per heavy atom. The molecule has 112 valence electrons. The smallest absolute Gasteiger partial charge is 0.274 e. The minimum Gasteiger partial charge on any atom is -0.382 e. The summed E-state index contributed by atoms with van der Waals surface area (Å²) in [4.78, 5) is 24.5. The van der Waals surface area contributed by atoms with Crippen molar-refractivity contribution in [2.24, 2.45) is 0 Å². The van der Waals surface area contributed by atoms with Crippen LogP contribution in [-0.4, -0.2) is 20.9 Å². The van der Waals surface area contributed by atoms with E-state index >= 15 is 0 Å². The first-order valence-electron chi connectivity index (χ1n) is 6.62. The van der Waals surface area contributed by atoms with Gasteiger partial charge in [0.2, 0.25) is 0 Å². The lowest BCUT2D eigenvalue weighted by Crippen LogP contribution is -2.28. The van der Waals surface area contributed by atoms with Crippen LogP contribution in [0.5, 0.6) is 0 Å². The Morgan fingerprint density at radius 2 is 2.00 bits per heavy atom. The summed E-state index contributed by atoms with van der Waals surface area (Å²) in [5.74, 6) is -0.225. The van der Waals surface area contributed by atoms with Crippen LogP contribution in [0.25, 0.3) is 0 Å². The second-order valence-corrected chi connectivity index (χ2v) is 6.70. The fourth-order valence-corrected chi connectivity index (χ4v) is 2.73. The van der Waals surface area contributed by atoms with Crippen LogP contribution in [0.2, 0.25) is 0 Å². The third kappa shape index (κ3) is 3.55. The summed E-state index contributed by atoms with van der Waals surface area (Å²) in [7, 11) is 0. The zero-order valence-electron chi connectivity index (χ0n) is 12.5. The second kappa shape index (κ2) is 5.77. The van der Waals surface area contributed by atoms with Crippen LogP contribution in [0.15, 0.2) is 17.8 Å². The molecule has 0 aliphatic heterocycles. The molecule has 0 fully saturated rings. The molecule has 0 radical (unpaired) electrons. The number of rotatable bonds is 3. The summed E-state index contributed by atoms with van der Waals surface area (Å²) in [6, 6.07) is -0.208. The monoisotopic (exact) mass is 305 g/mol. The van der Waals surface area contributed by atoms with Crippen LogP contribution in [0, 0.1) is 0 Å². The van der Waals surface area contributed by atoms with E-state index in [1.807, 2.05) is 12.3 Å². The molecule has 0 saturated carbocycles. The zero-order valence-corrected chi connectivity index (χ0v) is 13.4. The van der Waals surface area contributed by atoms with Crippen LogP contribution in [0.1, 0.15) is 54.9 Å². The van der Waals surface area contributed by atoms with Crippen molar-refractivity contribution in [3.8, 4) is 0 Å². The summed E-state index contributed by atoms with van der Waals surface area (Å²) in [5.41, 5.74) is 6.80. The van der Waals surface area contributed by atoms with Crippen molar-refractivity contribution in [1.82, 2.24) is 20.3 Å². The molecule has 0 aromatic carbocycles. The molecule has 21 heavy (non-hydrogen) atoms. The number of anilines is 1. The second-order valence-electron chi connectivity index (χ2n) is 5.81. The number of aromatic nitrogens is 3. The van der Waals surface area contributed by atoms with Crippen molar-refractivity contribution < 1.29 is 4.79 Å². The number of nitrogen functional groups attached to an aromatic ring is 1. The first kappa shape index (κ1) is 15.4. The normalized spacial score (nSPS) is 13.0. The lowest BCUT2D eigenvalue weighted by molar-refractivity contribution is 0.0935. The van der Waals surface area contributed by atoms with E-state index in [1.165, 1.54) is 23.7 Å². The molecule has 0 aliphatic carbocycles. The highest BCUT2D eigenvalue weighted by molar-refractivity contribution is 7.09. The van der Waals surface area contributed by atoms with E-state index in [2.05, 4.69) is 41.0 Å². The van der Waals surface area contributed by atoms with Crippen molar-refractivity contribution in [3.63, 3.8) is 0 Å². The number of carbonyl (C=O) groups excluding carboxylic acids is 1. The first-order chi connectivity index (χ1) is 9.79. The number of nitrogens with one attached hydrogen (secondary N) is 1. The van der Waals surface area contributed by atoms with Gasteiger partial charge in [-0.05, 0) is 6.92 Å². The van der Waals surface area contributed by atoms with Gasteiger partial charge in [0.05, 0.1) is 11.7 Å². The Hall–Kier alpha value is -2.02. The van der Waals surface area contributed by atoms with Crippen LogP contribution < -0.4 is 11.1 Å². The van der Waals surface area contributed by atoms with Gasteiger partial charge in [0, 0.05) is 23.2 Å². The van der Waals surface area contributed by atoms with Crippen LogP contribution in [-0.2, 0) is 5.41 Å². The van der Waals surface area contributed by atoms with Gasteiger partial charge in [-0.25, -0.2) is 15.0 Å². The summed E-state index contributed by atoms with van der Waals surface area (Å²) in [6.45, 7) is 8.20. The fourth-order valence-electron chi connectivity index (χ4n) is 1.68. The van der Waals surface area contributed by atoms with Gasteiger partial charge in [-0.2, -0.15) is 0 Å². The van der Waals surface area contributed by atoms with E-state index in [1.54, 1.807) is 0 Å². The lowest BCUT2D eigenvalue weighted by atomic mass is 9.93. The Morgan fingerprint density at radius 1 is 1.33 bits per heavy atom. The molecule has 0 saturated heterocycles. The number of nitrogens with two attached hydrogens (primary N) is 1. The number of amides is 1. The van der Waals surface area contributed by atoms with E-state index in [9.17, 15) is 4.79 Å². The lowest BCUT2D eigenvalue weighted by Gasteiger charge is -2.15. The number of carbonyl (C=O) groups is 1. The molecule has 2 rings (SSSR count). The van der Waals surface area contributed by atoms with Crippen molar-refractivity contribution in [2.45, 2.75) is 39.2 Å². The SMILES string of the molecule is CC(NC(=O)c1nccnc1N)c1nc(C(C)(C)C)cs1. The summed E-state index contributed by atoms with van der Waals surface area (Å²) >= 11 is 1.53. The molecule has 0 aliphatic rings. The Labute approximate surface area is 127 Å². The molecule has 6 nitrogen and oxygen atoms in total. The maximum Gasteiger partial charge on any atom is 0.274 e. The van der Waals surface area contributed by atoms with E-state index in [4.69, 9.17) is 5.73 Å². The van der Waals surface area contributed by atoms with Gasteiger partial charge in [0.25, 0.3) is 5.91 Å². The fraction of sp³-hybridized carbons (Fsp3) is 0.429. The molecule has 1 unspecified atom stereocenters. The van der Waals surface area contributed by atoms with E-state index < -0.39 is 0 Å². The Balaban J connectivity index is 2.11. The maximum atomic E-state index is 12.1. The third-order valence-electron chi connectivity index (χ3n) is 2.95. The molecule has 0 spiro atoms. The van der Waals surface area contributed by atoms with Crippen molar-refractivity contribution in [2.75, 3.05) is 5.73 Å². The molecule has 3 N–H and O–H groups in total. The standard InChI is InChI=1S/C14H19N5OS/c1-8(13-19-9(7-21-13)14(2,3)4)18-12(20)10-11(15)17-6-5-16-10/h5-8H,1-4H3,(H2,15,17)(H,18,20). The summed E-state index contributed by atoms with van der Waals surface area (Å²) < 4.78 is 0. The Kier molecular flexibility index (Phi) is 4.22. The van der Waals surface area contributed by atoms with E-state index in [0.717, 1.165) is 10.7 Å². The quantitative estimate of drug-likeness (QED) is 0.907. The largest absolute Gasteiger partial charge is 0.382 e. The van der Waals surface area contributed by atoms with Crippen LogP contribution >= 0.6 is 11.3 Å². The van der Waals surface area contributed by atoms with Crippen molar-refractivity contribution in [3.05, 3.63) is 34.2 Å². The molecule has 0 bridgehead atoms. The van der Waals surface area contributed by atoms with Gasteiger partial charge >= 0.3 is 0 Å². The highest BCUT2D eigenvalue weighted by Crippen LogP contribution is 2.26. The van der Waals surface area contributed by atoms with Gasteiger partial charge in [-0.15, -0.1) is 11.3 Å². The number of hydrogen-bond acceptors (Lipinski definition) is 6. The van der Waals surface area contributed by atoms with Crippen LogP contribution in [0.3, 0.4) is 0 Å². The van der Waals surface area contributed by atoms with Gasteiger partial charge < -0.3 is 11.1 Å². The first-order valence-corrected chi connectivity index (χ1v) is 7.50. The minimum atomic E-state index is -0.347. The highest BCUT2D eigenvalue weighted by atomic mass is 32.1. The highest BCUT2D eigenvalue weighted by Gasteiger charge is 2.21. The molecular weight excluding hydrogens is 286 g/mol. The number of hydrogen-bond donors (Lipinski definition) is 2. The minimum absolute atomic E-state index is 0.00614. The third-order valence-corrected chi connectivity index (χ3v) is 3.98. The zero-order chi connectivity index (χ0) is 15.6. The summed E-state index contributed by atoms with van der Waals surface area (Å²) in [6.07, 6.45) is 2.89. The van der Waals surface area contributed by atoms with E-state index in [-0.39, 0.29) is 28.9 Å². The number of nitrogens with zero attached hydrogens (tertiary/aromatic N) is 3. The summed E-state index contributed by atoms with van der Waals surface area (Å²) in [5, 5.41) is 5.72. The molecule has 1 atom stereocenters. The van der Waals surface area contributed by atoms with Crippen molar-refractivity contribution >= 4 is 23.1 Å². The van der Waals surface area contributed by atoms with Crippen LogP contribution in [0.4, 0.5) is 5.82 Å². The van der Waals surface area contributed by atoms with Gasteiger partial charge in [0.1, 0.15) is 5.01 Å². The molecule has 7 heteroatoms.